The fourth-order valence-corrected chi connectivity index (χ4v) is 4.14. The van der Waals surface area contributed by atoms with Crippen molar-refractivity contribution in [3.05, 3.63) is 34.6 Å². The summed E-state index contributed by atoms with van der Waals surface area (Å²) in [6, 6.07) is 1.83. The Morgan fingerprint density at radius 2 is 2.11 bits per heavy atom. The van der Waals surface area contributed by atoms with Crippen LogP contribution in [0.15, 0.2) is 17.6 Å². The Morgan fingerprint density at radius 3 is 2.70 bits per heavy atom. The molecule has 1 aliphatic heterocycles. The van der Waals surface area contributed by atoms with E-state index in [0.717, 1.165) is 16.5 Å². The predicted octanol–water partition coefficient (Wildman–Crippen LogP) is 2.53. The fourth-order valence-electron chi connectivity index (χ4n) is 3.39. The van der Waals surface area contributed by atoms with Gasteiger partial charge in [0, 0.05) is 47.5 Å². The molecule has 144 valence electrons. The van der Waals surface area contributed by atoms with Crippen molar-refractivity contribution in [1.29, 1.82) is 0 Å². The number of hydrogen-bond acceptors (Lipinski definition) is 6. The van der Waals surface area contributed by atoms with Crippen molar-refractivity contribution in [3.8, 4) is 5.13 Å². The van der Waals surface area contributed by atoms with E-state index in [9.17, 15) is 14.4 Å². The molecule has 1 saturated heterocycles. The smallest absolute Gasteiger partial charge is 0.311 e. The summed E-state index contributed by atoms with van der Waals surface area (Å²) < 4.78 is 7.14. The van der Waals surface area contributed by atoms with Gasteiger partial charge in [-0.15, -0.1) is 11.3 Å². The summed E-state index contributed by atoms with van der Waals surface area (Å²) in [6.45, 7) is 7.59. The summed E-state index contributed by atoms with van der Waals surface area (Å²) in [6.07, 6.45) is 1.86. The molecule has 0 radical (unpaired) electrons. The van der Waals surface area contributed by atoms with Crippen LogP contribution >= 0.6 is 11.3 Å². The minimum atomic E-state index is -0.504. The monoisotopic (exact) mass is 389 g/mol. The van der Waals surface area contributed by atoms with Gasteiger partial charge in [-0.25, -0.2) is 4.98 Å². The molecule has 3 heterocycles. The molecule has 1 aliphatic rings. The standard InChI is InChI=1S/C19H23N3O4S/c1-11(2)21-9-14(8-17(21)24)18(25)26-10-16(23)15-7-12(3)22(13(15)4)19-20-5-6-27-19/h5-7,11,14H,8-10H2,1-4H3. The number of hydrogen-bond donors (Lipinski definition) is 0. The summed E-state index contributed by atoms with van der Waals surface area (Å²) in [5.41, 5.74) is 2.18. The van der Waals surface area contributed by atoms with Crippen LogP contribution in [-0.2, 0) is 14.3 Å². The van der Waals surface area contributed by atoms with Crippen molar-refractivity contribution in [2.45, 2.75) is 40.2 Å². The summed E-state index contributed by atoms with van der Waals surface area (Å²) >= 11 is 1.49. The minimum Gasteiger partial charge on any atom is -0.457 e. The van der Waals surface area contributed by atoms with Gasteiger partial charge in [0.2, 0.25) is 11.7 Å². The van der Waals surface area contributed by atoms with E-state index < -0.39 is 11.9 Å². The van der Waals surface area contributed by atoms with Gasteiger partial charge in [0.15, 0.2) is 11.7 Å². The van der Waals surface area contributed by atoms with E-state index in [1.165, 1.54) is 11.3 Å². The highest BCUT2D eigenvalue weighted by Crippen LogP contribution is 2.24. The number of ether oxygens (including phenoxy) is 1. The van der Waals surface area contributed by atoms with Crippen LogP contribution in [0, 0.1) is 19.8 Å². The van der Waals surface area contributed by atoms with Crippen LogP contribution in [0.3, 0.4) is 0 Å². The molecule has 1 unspecified atom stereocenters. The molecule has 3 rings (SSSR count). The van der Waals surface area contributed by atoms with Crippen LogP contribution in [0.5, 0.6) is 0 Å². The van der Waals surface area contributed by atoms with Crippen LogP contribution in [0.2, 0.25) is 0 Å². The Labute approximate surface area is 161 Å². The second-order valence-electron chi connectivity index (χ2n) is 7.01. The lowest BCUT2D eigenvalue weighted by Crippen LogP contribution is -2.33. The van der Waals surface area contributed by atoms with Crippen LogP contribution in [-0.4, -0.2) is 51.3 Å². The Kier molecular flexibility index (Phi) is 5.46. The molecule has 0 spiro atoms. The maximum absolute atomic E-state index is 12.6. The Hall–Kier alpha value is -2.48. The lowest BCUT2D eigenvalue weighted by atomic mass is 10.1. The number of likely N-dealkylation sites (tertiary alicyclic amines) is 1. The molecule has 1 fully saturated rings. The average molecular weight is 389 g/mol. The second kappa shape index (κ2) is 7.64. The van der Waals surface area contributed by atoms with E-state index in [2.05, 4.69) is 4.98 Å². The van der Waals surface area contributed by atoms with Crippen LogP contribution in [0.25, 0.3) is 5.13 Å². The summed E-state index contributed by atoms with van der Waals surface area (Å²) in [5, 5.41) is 2.67. The first-order valence-corrected chi connectivity index (χ1v) is 9.75. The highest BCUT2D eigenvalue weighted by Gasteiger charge is 2.36. The van der Waals surface area contributed by atoms with E-state index in [0.29, 0.717) is 12.1 Å². The molecule has 7 nitrogen and oxygen atoms in total. The molecule has 0 aromatic carbocycles. The highest BCUT2D eigenvalue weighted by atomic mass is 32.1. The maximum atomic E-state index is 12.6. The van der Waals surface area contributed by atoms with Gasteiger partial charge in [0.05, 0.1) is 5.92 Å². The Morgan fingerprint density at radius 1 is 1.37 bits per heavy atom. The maximum Gasteiger partial charge on any atom is 0.311 e. The highest BCUT2D eigenvalue weighted by molar-refractivity contribution is 7.12. The summed E-state index contributed by atoms with van der Waals surface area (Å²) in [4.78, 5) is 42.7. The van der Waals surface area contributed by atoms with Gasteiger partial charge in [0.1, 0.15) is 0 Å². The SMILES string of the molecule is Cc1cc(C(=O)COC(=O)C2CC(=O)N(C(C)C)C2)c(C)n1-c1nccs1. The zero-order valence-electron chi connectivity index (χ0n) is 15.9. The van der Waals surface area contributed by atoms with Crippen LogP contribution < -0.4 is 0 Å². The van der Waals surface area contributed by atoms with Crippen LogP contribution in [0.4, 0.5) is 0 Å². The summed E-state index contributed by atoms with van der Waals surface area (Å²) in [5.74, 6) is -1.31. The normalized spacial score (nSPS) is 17.0. The van der Waals surface area contributed by atoms with Crippen molar-refractivity contribution in [3.63, 3.8) is 0 Å². The first kappa shape index (κ1) is 19.3. The number of carbonyl (C=O) groups is 3. The lowest BCUT2D eigenvalue weighted by Gasteiger charge is -2.20. The number of nitrogens with zero attached hydrogens (tertiary/aromatic N) is 3. The lowest BCUT2D eigenvalue weighted by molar-refractivity contribution is -0.147. The Bertz CT molecular complexity index is 870. The molecule has 0 aliphatic carbocycles. The third kappa shape index (κ3) is 3.80. The van der Waals surface area contributed by atoms with Gasteiger partial charge >= 0.3 is 5.97 Å². The molecular formula is C19H23N3O4S. The van der Waals surface area contributed by atoms with Crippen molar-refractivity contribution in [2.24, 2.45) is 5.92 Å². The number of carbonyl (C=O) groups excluding carboxylic acids is 3. The van der Waals surface area contributed by atoms with Crippen molar-refractivity contribution in [2.75, 3.05) is 13.2 Å². The molecule has 2 aromatic heterocycles. The molecule has 2 aromatic rings. The molecule has 0 saturated carbocycles. The number of amides is 1. The minimum absolute atomic E-state index is 0.0492. The van der Waals surface area contributed by atoms with Gasteiger partial charge in [-0.2, -0.15) is 0 Å². The number of ketones is 1. The number of rotatable bonds is 6. The number of aromatic nitrogens is 2. The molecule has 1 atom stereocenters. The van der Waals surface area contributed by atoms with Gasteiger partial charge < -0.3 is 9.64 Å². The van der Waals surface area contributed by atoms with Crippen molar-refractivity contribution >= 4 is 29.0 Å². The van der Waals surface area contributed by atoms with Gasteiger partial charge in [0.25, 0.3) is 0 Å². The molecule has 27 heavy (non-hydrogen) atoms. The van der Waals surface area contributed by atoms with Gasteiger partial charge in [-0.1, -0.05) is 0 Å². The summed E-state index contributed by atoms with van der Waals surface area (Å²) in [7, 11) is 0. The van der Waals surface area contributed by atoms with E-state index in [1.54, 1.807) is 17.2 Å². The first-order chi connectivity index (χ1) is 12.8. The fraction of sp³-hybridized carbons (Fsp3) is 0.474. The van der Waals surface area contributed by atoms with Crippen molar-refractivity contribution < 1.29 is 19.1 Å². The number of Topliss-reactive ketones (excluding diaryl/α,β-unsaturated/α-hetero) is 1. The second-order valence-corrected chi connectivity index (χ2v) is 7.88. The van der Waals surface area contributed by atoms with Gasteiger partial charge in [-0.3, -0.25) is 19.0 Å². The Balaban J connectivity index is 1.64. The predicted molar refractivity (Wildman–Crippen MR) is 101 cm³/mol. The third-order valence-electron chi connectivity index (χ3n) is 4.80. The topological polar surface area (TPSA) is 81.5 Å². The quantitative estimate of drug-likeness (QED) is 0.560. The van der Waals surface area contributed by atoms with E-state index in [4.69, 9.17) is 4.74 Å². The number of aryl methyl sites for hydroxylation is 1. The third-order valence-corrected chi connectivity index (χ3v) is 5.56. The number of esters is 1. The molecule has 0 bridgehead atoms. The molecular weight excluding hydrogens is 366 g/mol. The van der Waals surface area contributed by atoms with Gasteiger partial charge in [-0.05, 0) is 33.8 Å². The molecule has 1 amide bonds. The largest absolute Gasteiger partial charge is 0.457 e. The molecule has 0 N–H and O–H groups in total. The average Bonchev–Trinajstić information content (AvgIpc) is 3.32. The van der Waals surface area contributed by atoms with Crippen molar-refractivity contribution in [1.82, 2.24) is 14.5 Å². The van der Waals surface area contributed by atoms with E-state index in [1.807, 2.05) is 37.6 Å². The van der Waals surface area contributed by atoms with E-state index >= 15 is 0 Å². The zero-order valence-corrected chi connectivity index (χ0v) is 16.7. The van der Waals surface area contributed by atoms with E-state index in [-0.39, 0.29) is 30.8 Å². The number of thiazole rings is 1. The molecule has 8 heteroatoms. The zero-order chi connectivity index (χ0) is 19.7. The first-order valence-electron chi connectivity index (χ1n) is 8.87. The van der Waals surface area contributed by atoms with Crippen LogP contribution in [0.1, 0.15) is 42.0 Å².